The Morgan fingerprint density at radius 3 is 2.82 bits per heavy atom. The maximum atomic E-state index is 13.5. The van der Waals surface area contributed by atoms with Gasteiger partial charge in [0.05, 0.1) is 31.8 Å². The fourth-order valence-electron chi connectivity index (χ4n) is 4.88. The third kappa shape index (κ3) is 4.13. The first-order valence-corrected chi connectivity index (χ1v) is 11.5. The van der Waals surface area contributed by atoms with Crippen LogP contribution in [0.5, 0.6) is 11.5 Å². The van der Waals surface area contributed by atoms with Gasteiger partial charge in [-0.2, -0.15) is 0 Å². The van der Waals surface area contributed by atoms with E-state index in [0.717, 1.165) is 71.0 Å². The minimum absolute atomic E-state index is 0.00800. The van der Waals surface area contributed by atoms with Gasteiger partial charge in [0.15, 0.2) is 0 Å². The summed E-state index contributed by atoms with van der Waals surface area (Å²) in [5, 5.41) is 0. The maximum absolute atomic E-state index is 13.5. The van der Waals surface area contributed by atoms with Crippen molar-refractivity contribution >= 4 is 12.0 Å². The Labute approximate surface area is 194 Å². The lowest BCUT2D eigenvalue weighted by Crippen LogP contribution is -2.41. The van der Waals surface area contributed by atoms with Crippen LogP contribution in [-0.4, -0.2) is 40.6 Å². The summed E-state index contributed by atoms with van der Waals surface area (Å²) >= 11 is 0. The lowest BCUT2D eigenvalue weighted by molar-refractivity contribution is -0.131. The predicted molar refractivity (Wildman–Crippen MR) is 128 cm³/mol. The van der Waals surface area contributed by atoms with Crippen LogP contribution in [0, 0.1) is 13.8 Å². The summed E-state index contributed by atoms with van der Waals surface area (Å²) in [4.78, 5) is 19.9. The number of ether oxygens (including phenoxy) is 2. The molecule has 0 spiro atoms. The van der Waals surface area contributed by atoms with Crippen LogP contribution in [-0.2, 0) is 4.79 Å². The molecule has 6 nitrogen and oxygen atoms in total. The van der Waals surface area contributed by atoms with Crippen LogP contribution in [0.1, 0.15) is 47.7 Å². The molecule has 0 saturated carbocycles. The molecule has 0 unspecified atom stereocenters. The van der Waals surface area contributed by atoms with Gasteiger partial charge in [0.2, 0.25) is 5.91 Å². The van der Waals surface area contributed by atoms with Crippen molar-refractivity contribution in [3.05, 3.63) is 76.9 Å². The Balaban J connectivity index is 1.41. The number of rotatable bonds is 4. The molecule has 170 valence electrons. The monoisotopic (exact) mass is 443 g/mol. The van der Waals surface area contributed by atoms with Gasteiger partial charge in [-0.05, 0) is 74.2 Å². The van der Waals surface area contributed by atoms with Crippen LogP contribution in [0.3, 0.4) is 0 Å². The maximum Gasteiger partial charge on any atom is 0.250 e. The Kier molecular flexibility index (Phi) is 5.67. The minimum atomic E-state index is 0.00800. The van der Waals surface area contributed by atoms with E-state index in [1.54, 1.807) is 7.11 Å². The Bertz CT molecular complexity index is 1230. The highest BCUT2D eigenvalue weighted by molar-refractivity contribution is 5.98. The Hall–Kier alpha value is -3.54. The number of nitrogens with zero attached hydrogens (tertiary/aromatic N) is 3. The number of amides is 1. The molecule has 0 bridgehead atoms. The average Bonchev–Trinajstić information content (AvgIpc) is 3.25. The van der Waals surface area contributed by atoms with Crippen molar-refractivity contribution in [2.24, 2.45) is 0 Å². The first-order valence-electron chi connectivity index (χ1n) is 11.5. The summed E-state index contributed by atoms with van der Waals surface area (Å²) in [5.74, 6) is 1.75. The van der Waals surface area contributed by atoms with Crippen molar-refractivity contribution in [3.8, 4) is 17.2 Å². The molecular formula is C27H29N3O3. The molecule has 0 aliphatic carbocycles. The minimum Gasteiger partial charge on any atom is -0.497 e. The fraction of sp³-hybridized carbons (Fsp3) is 0.333. The summed E-state index contributed by atoms with van der Waals surface area (Å²) in [6, 6.07) is 12.2. The first-order chi connectivity index (χ1) is 16.0. The smallest absolute Gasteiger partial charge is 0.250 e. The molecule has 1 amide bonds. The van der Waals surface area contributed by atoms with E-state index in [-0.39, 0.29) is 11.9 Å². The molecule has 3 aromatic rings. The summed E-state index contributed by atoms with van der Waals surface area (Å²) in [7, 11) is 1.66. The van der Waals surface area contributed by atoms with Gasteiger partial charge in [0, 0.05) is 36.0 Å². The molecular weight excluding hydrogens is 414 g/mol. The number of fused-ring (bicyclic) bond motifs is 1. The number of hydrogen-bond donors (Lipinski definition) is 0. The van der Waals surface area contributed by atoms with Crippen molar-refractivity contribution in [2.75, 3.05) is 20.3 Å². The van der Waals surface area contributed by atoms with E-state index in [2.05, 4.69) is 36.2 Å². The van der Waals surface area contributed by atoms with E-state index in [1.807, 2.05) is 47.1 Å². The molecule has 0 radical (unpaired) electrons. The van der Waals surface area contributed by atoms with E-state index >= 15 is 0 Å². The molecule has 1 fully saturated rings. The fourth-order valence-corrected chi connectivity index (χ4v) is 4.88. The summed E-state index contributed by atoms with van der Waals surface area (Å²) in [5.41, 5.74) is 6.18. The SMILES string of the molecule is COc1ccc2c(c1)[C@@H](N1CCC/C(=C\c3ccc(-n4cnc(C)c4)c(C)c3)C1=O)CCO2. The highest BCUT2D eigenvalue weighted by atomic mass is 16.5. The molecule has 1 saturated heterocycles. The quantitative estimate of drug-likeness (QED) is 0.531. The number of aryl methyl sites for hydroxylation is 2. The van der Waals surface area contributed by atoms with E-state index in [4.69, 9.17) is 9.47 Å². The Morgan fingerprint density at radius 2 is 2.06 bits per heavy atom. The standard InChI is InChI=1S/C27H29N3O3/c1-18-13-20(6-8-24(18)29-16-19(2)28-17-29)14-21-5-4-11-30(27(21)31)25-10-12-33-26-9-7-22(32-3)15-23(25)26/h6-9,13-17,25H,4-5,10-12H2,1-3H3/b21-14+/t25-/m0/s1. The first kappa shape index (κ1) is 21.3. The number of imidazole rings is 1. The molecule has 3 heterocycles. The van der Waals surface area contributed by atoms with Crippen LogP contribution in [0.15, 0.2) is 54.5 Å². The van der Waals surface area contributed by atoms with Crippen LogP contribution in [0.2, 0.25) is 0 Å². The number of carbonyl (C=O) groups excluding carboxylic acids is 1. The van der Waals surface area contributed by atoms with E-state index in [0.29, 0.717) is 6.61 Å². The molecule has 5 rings (SSSR count). The number of piperidine rings is 1. The average molecular weight is 444 g/mol. The van der Waals surface area contributed by atoms with Gasteiger partial charge in [-0.15, -0.1) is 0 Å². The zero-order valence-corrected chi connectivity index (χ0v) is 19.4. The number of aromatic nitrogens is 2. The second-order valence-electron chi connectivity index (χ2n) is 8.80. The second-order valence-corrected chi connectivity index (χ2v) is 8.80. The lowest BCUT2D eigenvalue weighted by atomic mass is 9.93. The van der Waals surface area contributed by atoms with Crippen LogP contribution in [0.4, 0.5) is 0 Å². The summed E-state index contributed by atoms with van der Waals surface area (Å²) in [6.45, 7) is 5.45. The zero-order valence-electron chi connectivity index (χ0n) is 19.4. The van der Waals surface area contributed by atoms with Gasteiger partial charge in [0.1, 0.15) is 11.5 Å². The molecule has 1 aromatic heterocycles. The molecule has 2 aliphatic heterocycles. The normalized spacial score (nSPS) is 19.4. The summed E-state index contributed by atoms with van der Waals surface area (Å²) < 4.78 is 13.3. The largest absolute Gasteiger partial charge is 0.497 e. The molecule has 2 aromatic carbocycles. The van der Waals surface area contributed by atoms with Crippen molar-refractivity contribution in [1.29, 1.82) is 0 Å². The Morgan fingerprint density at radius 1 is 1.18 bits per heavy atom. The van der Waals surface area contributed by atoms with Crippen LogP contribution in [0.25, 0.3) is 11.8 Å². The van der Waals surface area contributed by atoms with Gasteiger partial charge in [-0.25, -0.2) is 4.98 Å². The molecule has 2 aliphatic rings. The van der Waals surface area contributed by atoms with Gasteiger partial charge < -0.3 is 18.9 Å². The second kappa shape index (κ2) is 8.77. The third-order valence-electron chi connectivity index (χ3n) is 6.53. The van der Waals surface area contributed by atoms with Crippen molar-refractivity contribution in [2.45, 2.75) is 39.2 Å². The predicted octanol–water partition coefficient (Wildman–Crippen LogP) is 5.03. The van der Waals surface area contributed by atoms with Gasteiger partial charge in [-0.3, -0.25) is 4.79 Å². The number of likely N-dealkylation sites (tertiary alicyclic amines) is 1. The highest BCUT2D eigenvalue weighted by Crippen LogP contribution is 2.40. The number of benzene rings is 2. The van der Waals surface area contributed by atoms with Crippen molar-refractivity contribution in [3.63, 3.8) is 0 Å². The number of methoxy groups -OCH3 is 1. The van der Waals surface area contributed by atoms with Gasteiger partial charge in [-0.1, -0.05) is 6.07 Å². The van der Waals surface area contributed by atoms with E-state index < -0.39 is 0 Å². The molecule has 0 N–H and O–H groups in total. The number of carbonyl (C=O) groups is 1. The van der Waals surface area contributed by atoms with Gasteiger partial charge in [0.25, 0.3) is 0 Å². The molecule has 6 heteroatoms. The molecule has 33 heavy (non-hydrogen) atoms. The van der Waals surface area contributed by atoms with Crippen LogP contribution < -0.4 is 9.47 Å². The third-order valence-corrected chi connectivity index (χ3v) is 6.53. The van der Waals surface area contributed by atoms with E-state index in [1.165, 1.54) is 0 Å². The van der Waals surface area contributed by atoms with Gasteiger partial charge >= 0.3 is 0 Å². The van der Waals surface area contributed by atoms with E-state index in [9.17, 15) is 4.79 Å². The lowest BCUT2D eigenvalue weighted by Gasteiger charge is -2.38. The molecule has 1 atom stereocenters. The summed E-state index contributed by atoms with van der Waals surface area (Å²) in [6.07, 6.45) is 8.45. The van der Waals surface area contributed by atoms with Crippen molar-refractivity contribution < 1.29 is 14.3 Å². The topological polar surface area (TPSA) is 56.6 Å². The van der Waals surface area contributed by atoms with Crippen molar-refractivity contribution in [1.82, 2.24) is 14.5 Å². The number of hydrogen-bond acceptors (Lipinski definition) is 4. The highest BCUT2D eigenvalue weighted by Gasteiger charge is 2.34. The van der Waals surface area contributed by atoms with Crippen LogP contribution >= 0.6 is 0 Å². The zero-order chi connectivity index (χ0) is 22.9.